The molecule has 1 aliphatic heterocycles. The molecule has 0 atom stereocenters. The van der Waals surface area contributed by atoms with Gasteiger partial charge in [0.05, 0.1) is 20.3 Å². The molecule has 1 aromatic rings. The molecule has 0 aromatic heterocycles. The van der Waals surface area contributed by atoms with Crippen LogP contribution in [0.3, 0.4) is 0 Å². The lowest BCUT2D eigenvalue weighted by atomic mass is 10.1. The summed E-state index contributed by atoms with van der Waals surface area (Å²) in [5.41, 5.74) is 0.661. The molecule has 144 valence electrons. The zero-order valence-electron chi connectivity index (χ0n) is 15.7. The number of rotatable bonds is 11. The Hall–Kier alpha value is -1.92. The fraction of sp³-hybridized carbons (Fsp3) is 0.600. The van der Waals surface area contributed by atoms with Crippen molar-refractivity contribution >= 4 is 11.7 Å². The summed E-state index contributed by atoms with van der Waals surface area (Å²) in [6.07, 6.45) is 3.41. The Bertz CT molecular complexity index is 553. The molecule has 2 rings (SSSR count). The summed E-state index contributed by atoms with van der Waals surface area (Å²) in [6, 6.07) is 7.07. The third kappa shape index (κ3) is 7.54. The van der Waals surface area contributed by atoms with Crippen LogP contribution in [0.2, 0.25) is 0 Å². The molecular weight excluding hydrogens is 332 g/mol. The van der Waals surface area contributed by atoms with Crippen LogP contribution in [0.5, 0.6) is 5.75 Å². The maximum Gasteiger partial charge on any atom is 0.220 e. The number of carbonyl (C=O) groups is 2. The first-order valence-corrected chi connectivity index (χ1v) is 9.43. The van der Waals surface area contributed by atoms with Crippen LogP contribution in [0.1, 0.15) is 42.5 Å². The van der Waals surface area contributed by atoms with Gasteiger partial charge in [0.15, 0.2) is 5.78 Å². The van der Waals surface area contributed by atoms with Gasteiger partial charge in [-0.1, -0.05) is 0 Å². The molecule has 0 radical (unpaired) electrons. The highest BCUT2D eigenvalue weighted by Crippen LogP contribution is 2.13. The Kier molecular flexibility index (Phi) is 9.14. The summed E-state index contributed by atoms with van der Waals surface area (Å²) in [5, 5.41) is 2.94. The van der Waals surface area contributed by atoms with Gasteiger partial charge in [-0.25, -0.2) is 0 Å². The van der Waals surface area contributed by atoms with E-state index in [0.717, 1.165) is 51.4 Å². The molecule has 6 heteroatoms. The molecule has 1 N–H and O–H groups in total. The number of benzene rings is 1. The minimum absolute atomic E-state index is 0.0268. The lowest BCUT2D eigenvalue weighted by molar-refractivity contribution is -0.121. The molecule has 0 aliphatic carbocycles. The number of nitrogens with zero attached hydrogens (tertiary/aromatic N) is 1. The molecule has 1 fully saturated rings. The van der Waals surface area contributed by atoms with Gasteiger partial charge in [-0.05, 0) is 50.1 Å². The summed E-state index contributed by atoms with van der Waals surface area (Å²) in [4.78, 5) is 26.3. The molecule has 0 unspecified atom stereocenters. The lowest BCUT2D eigenvalue weighted by Gasteiger charge is -2.26. The van der Waals surface area contributed by atoms with Gasteiger partial charge < -0.3 is 14.8 Å². The van der Waals surface area contributed by atoms with E-state index >= 15 is 0 Å². The van der Waals surface area contributed by atoms with Gasteiger partial charge in [-0.15, -0.1) is 0 Å². The highest BCUT2D eigenvalue weighted by Gasteiger charge is 2.10. The van der Waals surface area contributed by atoms with E-state index in [4.69, 9.17) is 9.47 Å². The monoisotopic (exact) mass is 362 g/mol. The molecule has 0 spiro atoms. The predicted octanol–water partition coefficient (Wildman–Crippen LogP) is 2.28. The molecule has 1 aliphatic rings. The smallest absolute Gasteiger partial charge is 0.220 e. The third-order valence-corrected chi connectivity index (χ3v) is 4.55. The van der Waals surface area contributed by atoms with Crippen molar-refractivity contribution in [2.24, 2.45) is 0 Å². The van der Waals surface area contributed by atoms with Crippen LogP contribution in [0.15, 0.2) is 24.3 Å². The number of hydrogen-bond donors (Lipinski definition) is 1. The first-order chi connectivity index (χ1) is 12.7. The molecule has 1 amide bonds. The van der Waals surface area contributed by atoms with Gasteiger partial charge in [0.1, 0.15) is 5.75 Å². The van der Waals surface area contributed by atoms with E-state index in [-0.39, 0.29) is 11.7 Å². The van der Waals surface area contributed by atoms with Crippen LogP contribution in [0, 0.1) is 0 Å². The highest BCUT2D eigenvalue weighted by atomic mass is 16.5. The van der Waals surface area contributed by atoms with Gasteiger partial charge in [0, 0.05) is 38.0 Å². The summed E-state index contributed by atoms with van der Waals surface area (Å²) in [7, 11) is 1.60. The van der Waals surface area contributed by atoms with Crippen molar-refractivity contribution in [3.63, 3.8) is 0 Å². The number of hydrogen-bond acceptors (Lipinski definition) is 5. The quantitative estimate of drug-likeness (QED) is 0.483. The minimum Gasteiger partial charge on any atom is -0.497 e. The fourth-order valence-electron chi connectivity index (χ4n) is 2.93. The van der Waals surface area contributed by atoms with E-state index in [1.807, 2.05) is 0 Å². The fourth-order valence-corrected chi connectivity index (χ4v) is 2.93. The molecule has 0 saturated carbocycles. The Morgan fingerprint density at radius 1 is 1.08 bits per heavy atom. The van der Waals surface area contributed by atoms with Crippen LogP contribution in [0.25, 0.3) is 0 Å². The zero-order chi connectivity index (χ0) is 18.6. The summed E-state index contributed by atoms with van der Waals surface area (Å²) in [6.45, 7) is 5.44. The largest absolute Gasteiger partial charge is 0.497 e. The molecule has 0 bridgehead atoms. The Morgan fingerprint density at radius 2 is 1.81 bits per heavy atom. The van der Waals surface area contributed by atoms with Crippen LogP contribution >= 0.6 is 0 Å². The van der Waals surface area contributed by atoms with Crippen molar-refractivity contribution in [2.75, 3.05) is 46.5 Å². The molecule has 6 nitrogen and oxygen atoms in total. The van der Waals surface area contributed by atoms with Gasteiger partial charge in [-0.3, -0.25) is 14.5 Å². The van der Waals surface area contributed by atoms with Crippen molar-refractivity contribution in [1.29, 1.82) is 0 Å². The van der Waals surface area contributed by atoms with Gasteiger partial charge in [0.25, 0.3) is 0 Å². The van der Waals surface area contributed by atoms with E-state index in [1.165, 1.54) is 0 Å². The Labute approximate surface area is 155 Å². The van der Waals surface area contributed by atoms with Gasteiger partial charge in [0.2, 0.25) is 5.91 Å². The number of ketones is 1. The van der Waals surface area contributed by atoms with E-state index in [9.17, 15) is 9.59 Å². The highest BCUT2D eigenvalue weighted by molar-refractivity contribution is 5.96. The van der Waals surface area contributed by atoms with Gasteiger partial charge in [-0.2, -0.15) is 0 Å². The van der Waals surface area contributed by atoms with Crippen molar-refractivity contribution in [3.8, 4) is 5.75 Å². The van der Waals surface area contributed by atoms with Crippen molar-refractivity contribution in [3.05, 3.63) is 29.8 Å². The first-order valence-electron chi connectivity index (χ1n) is 9.43. The number of amides is 1. The van der Waals surface area contributed by atoms with E-state index in [0.29, 0.717) is 31.4 Å². The summed E-state index contributed by atoms with van der Waals surface area (Å²) < 4.78 is 10.4. The number of Topliss-reactive ketones (excluding diaryl/α,β-unsaturated/α-hetero) is 1. The maximum absolute atomic E-state index is 12.1. The molecule has 1 heterocycles. The number of morpholine rings is 1. The Morgan fingerprint density at radius 3 is 2.50 bits per heavy atom. The van der Waals surface area contributed by atoms with Crippen molar-refractivity contribution in [1.82, 2.24) is 10.2 Å². The number of carbonyl (C=O) groups excluding carboxylic acids is 2. The average molecular weight is 362 g/mol. The second kappa shape index (κ2) is 11.6. The molecular formula is C20H30N2O4. The number of methoxy groups -OCH3 is 1. The van der Waals surface area contributed by atoms with E-state index in [1.54, 1.807) is 31.4 Å². The zero-order valence-corrected chi connectivity index (χ0v) is 15.7. The molecule has 26 heavy (non-hydrogen) atoms. The Balaban J connectivity index is 1.50. The second-order valence-corrected chi connectivity index (χ2v) is 6.52. The molecule has 1 saturated heterocycles. The average Bonchev–Trinajstić information content (AvgIpc) is 2.68. The molecule has 1 aromatic carbocycles. The summed E-state index contributed by atoms with van der Waals surface area (Å²) >= 11 is 0. The third-order valence-electron chi connectivity index (χ3n) is 4.55. The first kappa shape index (κ1) is 20.4. The maximum atomic E-state index is 12.1. The number of unbranched alkanes of at least 4 members (excludes halogenated alkanes) is 1. The topological polar surface area (TPSA) is 67.9 Å². The second-order valence-electron chi connectivity index (χ2n) is 6.52. The van der Waals surface area contributed by atoms with Crippen LogP contribution in [-0.4, -0.2) is 63.1 Å². The number of ether oxygens (including phenoxy) is 2. The van der Waals surface area contributed by atoms with E-state index < -0.39 is 0 Å². The lowest BCUT2D eigenvalue weighted by Crippen LogP contribution is -2.37. The van der Waals surface area contributed by atoms with Gasteiger partial charge >= 0.3 is 0 Å². The van der Waals surface area contributed by atoms with Crippen LogP contribution < -0.4 is 10.1 Å². The minimum atomic E-state index is 0.0268. The number of nitrogens with one attached hydrogen (secondary N) is 1. The van der Waals surface area contributed by atoms with Crippen molar-refractivity contribution < 1.29 is 19.1 Å². The van der Waals surface area contributed by atoms with Crippen LogP contribution in [-0.2, 0) is 9.53 Å². The standard InChI is InChI=1S/C20H30N2O4/c1-25-18-9-7-17(8-10-18)19(23)5-4-6-20(24)21-11-2-3-12-22-13-15-26-16-14-22/h7-10H,2-6,11-16H2,1H3,(H,21,24). The SMILES string of the molecule is COc1ccc(C(=O)CCCC(=O)NCCCCN2CCOCC2)cc1. The van der Waals surface area contributed by atoms with E-state index in [2.05, 4.69) is 10.2 Å². The normalized spacial score (nSPS) is 14.8. The van der Waals surface area contributed by atoms with Crippen molar-refractivity contribution in [2.45, 2.75) is 32.1 Å². The van der Waals surface area contributed by atoms with Crippen LogP contribution in [0.4, 0.5) is 0 Å². The predicted molar refractivity (Wildman–Crippen MR) is 101 cm³/mol. The summed E-state index contributed by atoms with van der Waals surface area (Å²) in [5.74, 6) is 0.819.